The summed E-state index contributed by atoms with van der Waals surface area (Å²) < 4.78 is 9.87. The van der Waals surface area contributed by atoms with Gasteiger partial charge in [0.25, 0.3) is 6.69 Å². The Hall–Kier alpha value is 0.717. The van der Waals surface area contributed by atoms with Gasteiger partial charge in [-0.15, -0.1) is 22.2 Å². The predicted octanol–water partition coefficient (Wildman–Crippen LogP) is 1.74. The van der Waals surface area contributed by atoms with Crippen molar-refractivity contribution < 1.29 is 9.47 Å². The molecule has 62 valence electrons. The second-order valence-corrected chi connectivity index (χ2v) is 10.1. The Labute approximate surface area is 71.8 Å². The first-order valence-electron chi connectivity index (χ1n) is 3.01. The van der Waals surface area contributed by atoms with Gasteiger partial charge >= 0.3 is 0 Å². The van der Waals surface area contributed by atoms with E-state index in [-0.39, 0.29) is 0 Å². The van der Waals surface area contributed by atoms with Crippen LogP contribution < -0.4 is 0 Å². The molecule has 0 aromatic carbocycles. The van der Waals surface area contributed by atoms with Gasteiger partial charge in [0.1, 0.15) is 0 Å². The zero-order valence-corrected chi connectivity index (χ0v) is 8.71. The van der Waals surface area contributed by atoms with Crippen LogP contribution in [0.25, 0.3) is 0 Å². The third-order valence-electron chi connectivity index (χ3n) is 0.787. The first-order valence-corrected chi connectivity index (χ1v) is 7.74. The van der Waals surface area contributed by atoms with Crippen molar-refractivity contribution in [1.29, 1.82) is 0 Å². The number of ether oxygens (including phenoxy) is 2. The molecule has 10 heavy (non-hydrogen) atoms. The summed E-state index contributed by atoms with van der Waals surface area (Å²) in [7, 11) is 1.63. The van der Waals surface area contributed by atoms with Crippen molar-refractivity contribution >= 4 is 28.9 Å². The maximum atomic E-state index is 5.75. The molecule has 0 bridgehead atoms. The molecule has 0 atom stereocenters. The van der Waals surface area contributed by atoms with Gasteiger partial charge in [0.05, 0.1) is 19.4 Å². The van der Waals surface area contributed by atoms with Gasteiger partial charge in [0.15, 0.2) is 0 Å². The van der Waals surface area contributed by atoms with E-state index in [0.29, 0.717) is 19.4 Å². The summed E-state index contributed by atoms with van der Waals surface area (Å²) in [4.78, 5) is 0. The predicted molar refractivity (Wildman–Crippen MR) is 46.0 cm³/mol. The monoisotopic (exact) mass is 202 g/mol. The van der Waals surface area contributed by atoms with E-state index in [1.165, 1.54) is 0 Å². The van der Waals surface area contributed by atoms with Crippen LogP contribution in [0.4, 0.5) is 0 Å². The zero-order chi connectivity index (χ0) is 8.04. The van der Waals surface area contributed by atoms with Gasteiger partial charge < -0.3 is 9.47 Å². The van der Waals surface area contributed by atoms with Crippen LogP contribution in [0.1, 0.15) is 0 Å². The van der Waals surface area contributed by atoms with Crippen LogP contribution >= 0.6 is 22.2 Å². The molecule has 0 N–H and O–H groups in total. The molecule has 0 saturated heterocycles. The fourth-order valence-corrected chi connectivity index (χ4v) is 1.36. The fourth-order valence-electron chi connectivity index (χ4n) is 0.394. The van der Waals surface area contributed by atoms with Crippen LogP contribution in [0.15, 0.2) is 0 Å². The third-order valence-corrected chi connectivity index (χ3v) is 2.15. The smallest absolute Gasteiger partial charge is 0.273 e. The summed E-state index contributed by atoms with van der Waals surface area (Å²) in [5, 5.41) is 0. The van der Waals surface area contributed by atoms with E-state index in [1.54, 1.807) is 7.11 Å². The van der Waals surface area contributed by atoms with Crippen LogP contribution in [-0.4, -0.2) is 33.2 Å². The molecule has 0 saturated carbocycles. The van der Waals surface area contributed by atoms with Crippen LogP contribution in [0.3, 0.4) is 0 Å². The van der Waals surface area contributed by atoms with Crippen LogP contribution in [0.2, 0.25) is 6.55 Å². The summed E-state index contributed by atoms with van der Waals surface area (Å²) in [6.07, 6.45) is 0.472. The molecule has 0 radical (unpaired) electrons. The quantitative estimate of drug-likeness (QED) is 0.385. The van der Waals surface area contributed by atoms with Crippen molar-refractivity contribution in [3.63, 3.8) is 0 Å². The molecule has 2 nitrogen and oxygen atoms in total. The average molecular weight is 203 g/mol. The normalized spacial score (nSPS) is 12.0. The molecule has 5 heteroatoms. The van der Waals surface area contributed by atoms with Crippen molar-refractivity contribution in [3.05, 3.63) is 0 Å². The van der Waals surface area contributed by atoms with Gasteiger partial charge in [0, 0.05) is 7.11 Å². The molecular weight excluding hydrogens is 191 g/mol. The van der Waals surface area contributed by atoms with Crippen LogP contribution in [0.5, 0.6) is 0 Å². The van der Waals surface area contributed by atoms with E-state index >= 15 is 0 Å². The third kappa shape index (κ3) is 8.72. The maximum absolute atomic E-state index is 5.75. The van der Waals surface area contributed by atoms with Gasteiger partial charge in [-0.1, -0.05) is 0 Å². The van der Waals surface area contributed by atoms with E-state index in [2.05, 4.69) is 0 Å². The lowest BCUT2D eigenvalue weighted by atomic mass is 10.8. The molecule has 0 heterocycles. The van der Waals surface area contributed by atoms with Crippen LogP contribution in [-0.2, 0) is 9.47 Å². The molecule has 0 aliphatic carbocycles. The highest BCUT2D eigenvalue weighted by atomic mass is 35.7. The van der Waals surface area contributed by atoms with E-state index < -0.39 is 6.69 Å². The Bertz CT molecular complexity index is 84.2. The average Bonchev–Trinajstić information content (AvgIpc) is 1.78. The van der Waals surface area contributed by atoms with Crippen molar-refractivity contribution in [2.45, 2.75) is 6.55 Å². The largest absolute Gasteiger partial charge is 0.382 e. The number of hydrogen-bond acceptors (Lipinski definition) is 2. The lowest BCUT2D eigenvalue weighted by molar-refractivity contribution is 0.0919. The van der Waals surface area contributed by atoms with Crippen molar-refractivity contribution in [1.82, 2.24) is 0 Å². The molecule has 0 aliphatic rings. The van der Waals surface area contributed by atoms with E-state index in [1.807, 2.05) is 6.55 Å². The highest BCUT2D eigenvalue weighted by Crippen LogP contribution is 2.13. The van der Waals surface area contributed by atoms with Gasteiger partial charge in [0.2, 0.25) is 0 Å². The highest BCUT2D eigenvalue weighted by Gasteiger charge is 2.20. The Morgan fingerprint density at radius 3 is 2.30 bits per heavy atom. The minimum Gasteiger partial charge on any atom is -0.382 e. The van der Waals surface area contributed by atoms with Crippen molar-refractivity contribution in [2.24, 2.45) is 0 Å². The Morgan fingerprint density at radius 1 is 1.30 bits per heavy atom. The van der Waals surface area contributed by atoms with E-state index in [0.717, 1.165) is 0 Å². The Morgan fingerprint density at radius 2 is 1.90 bits per heavy atom. The van der Waals surface area contributed by atoms with E-state index in [4.69, 9.17) is 31.6 Å². The zero-order valence-electron chi connectivity index (χ0n) is 6.19. The first-order chi connectivity index (χ1) is 4.56. The Kier molecular flexibility index (Phi) is 5.76. The number of hydrogen-bond donors (Lipinski definition) is 0. The number of methoxy groups -OCH3 is 1. The second kappa shape index (κ2) is 5.38. The van der Waals surface area contributed by atoms with Gasteiger partial charge in [-0.2, -0.15) is 0 Å². The number of rotatable bonds is 5. The van der Waals surface area contributed by atoms with Gasteiger partial charge in [-0.25, -0.2) is 0 Å². The van der Waals surface area contributed by atoms with Crippen molar-refractivity contribution in [2.75, 3.05) is 26.6 Å². The standard InChI is InChI=1S/C5H12Cl2O2Si/c1-8-3-4-9-5-10(2,6)7/h3-5H2,1-2H3. The topological polar surface area (TPSA) is 18.5 Å². The van der Waals surface area contributed by atoms with Gasteiger partial charge in [-0.3, -0.25) is 0 Å². The molecule has 0 unspecified atom stereocenters. The van der Waals surface area contributed by atoms with Crippen molar-refractivity contribution in [3.8, 4) is 0 Å². The number of halogens is 2. The SMILES string of the molecule is COCCOC[Si](C)(Cl)Cl. The highest BCUT2D eigenvalue weighted by molar-refractivity contribution is 7.44. The lowest BCUT2D eigenvalue weighted by Crippen LogP contribution is -2.23. The minimum absolute atomic E-state index is 0.472. The Balaban J connectivity index is 3.04. The summed E-state index contributed by atoms with van der Waals surface area (Å²) in [6, 6.07) is 0. The molecule has 0 fully saturated rings. The molecular formula is C5H12Cl2O2Si. The summed E-state index contributed by atoms with van der Waals surface area (Å²) in [5.41, 5.74) is 0. The minimum atomic E-state index is -2.04. The lowest BCUT2D eigenvalue weighted by Gasteiger charge is -2.09. The summed E-state index contributed by atoms with van der Waals surface area (Å²) in [5.74, 6) is 0. The van der Waals surface area contributed by atoms with Gasteiger partial charge in [-0.05, 0) is 6.55 Å². The molecule has 0 aromatic rings. The molecule has 0 amide bonds. The fraction of sp³-hybridized carbons (Fsp3) is 1.00. The molecule has 0 rings (SSSR count). The maximum Gasteiger partial charge on any atom is 0.273 e. The van der Waals surface area contributed by atoms with E-state index in [9.17, 15) is 0 Å². The molecule has 0 aliphatic heterocycles. The molecule has 0 aromatic heterocycles. The summed E-state index contributed by atoms with van der Waals surface area (Å²) in [6.45, 7) is 0.945. The second-order valence-electron chi connectivity index (χ2n) is 2.12. The van der Waals surface area contributed by atoms with Crippen LogP contribution in [0, 0.1) is 0 Å². The first kappa shape index (κ1) is 10.7. The molecule has 0 spiro atoms. The summed E-state index contributed by atoms with van der Waals surface area (Å²) >= 11 is 11.5.